The number of phenolic OH excluding ortho intramolecular Hbond substituents is 1. The van der Waals surface area contributed by atoms with E-state index in [1.54, 1.807) is 6.07 Å². The van der Waals surface area contributed by atoms with Crippen LogP contribution in [0.2, 0.25) is 0 Å². The molecule has 2 nitrogen and oxygen atoms in total. The Kier molecular flexibility index (Phi) is 3.36. The molecule has 0 radical (unpaired) electrons. The second-order valence-electron chi connectivity index (χ2n) is 4.04. The van der Waals surface area contributed by atoms with E-state index in [4.69, 9.17) is 5.26 Å². The lowest BCUT2D eigenvalue weighted by atomic mass is 9.98. The van der Waals surface area contributed by atoms with E-state index in [-0.39, 0.29) is 16.7 Å². The molecule has 2 aromatic carbocycles. The van der Waals surface area contributed by atoms with Gasteiger partial charge in [-0.15, -0.1) is 0 Å². The van der Waals surface area contributed by atoms with E-state index >= 15 is 0 Å². The zero-order chi connectivity index (χ0) is 14.9. The highest BCUT2D eigenvalue weighted by molar-refractivity contribution is 5.74. The molecule has 0 unspecified atom stereocenters. The van der Waals surface area contributed by atoms with Gasteiger partial charge in [0, 0.05) is 5.56 Å². The number of phenols is 1. The first-order valence-electron chi connectivity index (χ1n) is 5.43. The first kappa shape index (κ1) is 13.9. The van der Waals surface area contributed by atoms with Gasteiger partial charge in [-0.2, -0.15) is 18.4 Å². The third kappa shape index (κ3) is 2.57. The molecule has 0 aliphatic carbocycles. The average molecular weight is 281 g/mol. The van der Waals surface area contributed by atoms with Crippen LogP contribution in [0.25, 0.3) is 11.1 Å². The first-order chi connectivity index (χ1) is 9.32. The van der Waals surface area contributed by atoms with E-state index in [0.717, 1.165) is 18.2 Å². The number of nitrogens with zero attached hydrogens (tertiary/aromatic N) is 1. The summed E-state index contributed by atoms with van der Waals surface area (Å²) in [5.41, 5.74) is -1.77. The first-order valence-corrected chi connectivity index (χ1v) is 5.43. The summed E-state index contributed by atoms with van der Waals surface area (Å²) in [5.74, 6) is -1.68. The minimum atomic E-state index is -4.81. The minimum Gasteiger partial charge on any atom is -0.507 e. The number of nitriles is 1. The predicted molar refractivity (Wildman–Crippen MR) is 63.2 cm³/mol. The lowest BCUT2D eigenvalue weighted by molar-refractivity contribution is -0.138. The zero-order valence-electron chi connectivity index (χ0n) is 9.87. The largest absolute Gasteiger partial charge is 0.507 e. The highest BCUT2D eigenvalue weighted by atomic mass is 19.4. The third-order valence-electron chi connectivity index (χ3n) is 2.68. The molecule has 2 aromatic rings. The molecular weight excluding hydrogens is 274 g/mol. The molecule has 0 bridgehead atoms. The van der Waals surface area contributed by atoms with Gasteiger partial charge in [-0.3, -0.25) is 0 Å². The summed E-state index contributed by atoms with van der Waals surface area (Å²) < 4.78 is 51.5. The van der Waals surface area contributed by atoms with Crippen LogP contribution in [0.3, 0.4) is 0 Å². The molecule has 2 rings (SSSR count). The number of hydrogen-bond donors (Lipinski definition) is 1. The molecule has 1 N–H and O–H groups in total. The van der Waals surface area contributed by atoms with Crippen molar-refractivity contribution in [2.45, 2.75) is 6.18 Å². The van der Waals surface area contributed by atoms with Crippen molar-refractivity contribution in [3.8, 4) is 22.9 Å². The van der Waals surface area contributed by atoms with Crippen LogP contribution >= 0.6 is 0 Å². The van der Waals surface area contributed by atoms with Crippen molar-refractivity contribution >= 4 is 0 Å². The van der Waals surface area contributed by atoms with Crippen molar-refractivity contribution in [3.05, 3.63) is 53.3 Å². The Morgan fingerprint density at radius 2 is 1.80 bits per heavy atom. The lowest BCUT2D eigenvalue weighted by Gasteiger charge is -2.13. The average Bonchev–Trinajstić information content (AvgIpc) is 2.37. The number of alkyl halides is 3. The molecule has 0 fully saturated rings. The summed E-state index contributed by atoms with van der Waals surface area (Å²) in [7, 11) is 0. The quantitative estimate of drug-likeness (QED) is 0.800. The Balaban J connectivity index is 2.74. The summed E-state index contributed by atoms with van der Waals surface area (Å²) in [4.78, 5) is 0. The summed E-state index contributed by atoms with van der Waals surface area (Å²) in [5, 5.41) is 18.5. The molecular formula is C14H7F4NO. The van der Waals surface area contributed by atoms with Crippen LogP contribution < -0.4 is 0 Å². The number of hydrogen-bond acceptors (Lipinski definition) is 2. The molecule has 0 atom stereocenters. The van der Waals surface area contributed by atoms with Crippen LogP contribution in [-0.2, 0) is 6.18 Å². The van der Waals surface area contributed by atoms with Gasteiger partial charge in [0.2, 0.25) is 0 Å². The van der Waals surface area contributed by atoms with Gasteiger partial charge in [0.25, 0.3) is 0 Å². The molecule has 0 saturated heterocycles. The fraction of sp³-hybridized carbons (Fsp3) is 0.0714. The Morgan fingerprint density at radius 1 is 1.10 bits per heavy atom. The Labute approximate surface area is 111 Å². The van der Waals surface area contributed by atoms with E-state index in [1.165, 1.54) is 12.1 Å². The van der Waals surface area contributed by atoms with Crippen LogP contribution in [0.1, 0.15) is 11.1 Å². The zero-order valence-corrected chi connectivity index (χ0v) is 9.87. The van der Waals surface area contributed by atoms with Crippen molar-refractivity contribution in [2.24, 2.45) is 0 Å². The van der Waals surface area contributed by atoms with Crippen LogP contribution in [0.5, 0.6) is 5.75 Å². The van der Waals surface area contributed by atoms with E-state index in [9.17, 15) is 22.7 Å². The standard InChI is InChI=1S/C14H7F4NO/c15-10-3-1-2-9(6-10)11-4-8(7-19)5-12(13(11)20)14(16,17)18/h1-6,20H. The van der Waals surface area contributed by atoms with E-state index in [1.807, 2.05) is 0 Å². The molecule has 0 saturated carbocycles. The topological polar surface area (TPSA) is 44.0 Å². The minimum absolute atomic E-state index is 0.0603. The molecule has 0 amide bonds. The molecule has 0 aliphatic heterocycles. The van der Waals surface area contributed by atoms with Gasteiger partial charge >= 0.3 is 6.18 Å². The van der Waals surface area contributed by atoms with Gasteiger partial charge in [-0.25, -0.2) is 4.39 Å². The van der Waals surface area contributed by atoms with Crippen LogP contribution in [0.15, 0.2) is 36.4 Å². The van der Waals surface area contributed by atoms with Crippen LogP contribution in [0.4, 0.5) is 17.6 Å². The van der Waals surface area contributed by atoms with Crippen molar-refractivity contribution in [1.82, 2.24) is 0 Å². The van der Waals surface area contributed by atoms with Gasteiger partial charge in [0.1, 0.15) is 11.6 Å². The van der Waals surface area contributed by atoms with Gasteiger partial charge in [-0.05, 0) is 29.8 Å². The molecule has 102 valence electrons. The highest BCUT2D eigenvalue weighted by Gasteiger charge is 2.35. The predicted octanol–water partition coefficient (Wildman–Crippen LogP) is 4.09. The Hall–Kier alpha value is -2.55. The van der Waals surface area contributed by atoms with Crippen molar-refractivity contribution in [3.63, 3.8) is 0 Å². The van der Waals surface area contributed by atoms with E-state index in [0.29, 0.717) is 6.07 Å². The second-order valence-corrected chi connectivity index (χ2v) is 4.04. The molecule has 0 spiro atoms. The lowest BCUT2D eigenvalue weighted by Crippen LogP contribution is -2.06. The summed E-state index contributed by atoms with van der Waals surface area (Å²) in [6.45, 7) is 0. The fourth-order valence-corrected chi connectivity index (χ4v) is 1.79. The Morgan fingerprint density at radius 3 is 2.35 bits per heavy atom. The third-order valence-corrected chi connectivity index (χ3v) is 2.68. The van der Waals surface area contributed by atoms with Gasteiger partial charge in [0.05, 0.1) is 17.2 Å². The molecule has 0 heterocycles. The normalized spacial score (nSPS) is 11.2. The molecule has 6 heteroatoms. The van der Waals surface area contributed by atoms with Crippen molar-refractivity contribution in [2.75, 3.05) is 0 Å². The van der Waals surface area contributed by atoms with Crippen molar-refractivity contribution < 1.29 is 22.7 Å². The SMILES string of the molecule is N#Cc1cc(-c2cccc(F)c2)c(O)c(C(F)(F)F)c1. The maximum atomic E-state index is 13.1. The second kappa shape index (κ2) is 4.85. The summed E-state index contributed by atoms with van der Waals surface area (Å²) in [6, 6.07) is 7.98. The smallest absolute Gasteiger partial charge is 0.420 e. The van der Waals surface area contributed by atoms with Crippen molar-refractivity contribution in [1.29, 1.82) is 5.26 Å². The molecule has 0 aromatic heterocycles. The van der Waals surface area contributed by atoms with Gasteiger partial charge in [0.15, 0.2) is 0 Å². The fourth-order valence-electron chi connectivity index (χ4n) is 1.79. The van der Waals surface area contributed by atoms with Gasteiger partial charge < -0.3 is 5.11 Å². The van der Waals surface area contributed by atoms with E-state index in [2.05, 4.69) is 0 Å². The monoisotopic (exact) mass is 281 g/mol. The number of aromatic hydroxyl groups is 1. The van der Waals surface area contributed by atoms with Crippen LogP contribution in [0, 0.1) is 17.1 Å². The highest BCUT2D eigenvalue weighted by Crippen LogP contribution is 2.42. The maximum absolute atomic E-state index is 13.1. The Bertz CT molecular complexity index is 701. The molecule has 20 heavy (non-hydrogen) atoms. The molecule has 0 aliphatic rings. The van der Waals surface area contributed by atoms with Gasteiger partial charge in [-0.1, -0.05) is 12.1 Å². The summed E-state index contributed by atoms with van der Waals surface area (Å²) in [6.07, 6.45) is -4.81. The van der Waals surface area contributed by atoms with E-state index < -0.39 is 23.3 Å². The maximum Gasteiger partial charge on any atom is 0.420 e. The van der Waals surface area contributed by atoms with Crippen LogP contribution in [-0.4, -0.2) is 5.11 Å². The number of rotatable bonds is 1. The number of benzene rings is 2. The number of halogens is 4. The summed E-state index contributed by atoms with van der Waals surface area (Å²) >= 11 is 0.